The van der Waals surface area contributed by atoms with Crippen LogP contribution in [0.5, 0.6) is 0 Å². The monoisotopic (exact) mass is 340 g/mol. The third-order valence-corrected chi connectivity index (χ3v) is 3.75. The summed E-state index contributed by atoms with van der Waals surface area (Å²) < 4.78 is 0. The van der Waals surface area contributed by atoms with Crippen molar-refractivity contribution in [2.45, 2.75) is 13.8 Å². The number of amides is 1. The number of benzene rings is 2. The van der Waals surface area contributed by atoms with Crippen molar-refractivity contribution in [3.05, 3.63) is 69.8 Å². The van der Waals surface area contributed by atoms with E-state index in [4.69, 9.17) is 0 Å². The maximum absolute atomic E-state index is 12.0. The Morgan fingerprint density at radius 1 is 1.16 bits per heavy atom. The lowest BCUT2D eigenvalue weighted by molar-refractivity contribution is -0.385. The number of nitrogens with zero attached hydrogens (tertiary/aromatic N) is 3. The molecule has 2 aromatic carbocycles. The quantitative estimate of drug-likeness (QED) is 0.476. The van der Waals surface area contributed by atoms with E-state index in [0.717, 1.165) is 24.3 Å². The van der Waals surface area contributed by atoms with E-state index in [1.54, 1.807) is 6.07 Å². The van der Waals surface area contributed by atoms with Crippen molar-refractivity contribution >= 4 is 23.5 Å². The van der Waals surface area contributed by atoms with Crippen molar-refractivity contribution in [3.8, 4) is 0 Å². The summed E-state index contributed by atoms with van der Waals surface area (Å²) in [5, 5.41) is 14.8. The Morgan fingerprint density at radius 3 is 2.40 bits per heavy atom. The molecule has 0 saturated heterocycles. The van der Waals surface area contributed by atoms with Crippen LogP contribution < -0.4 is 10.3 Å². The summed E-state index contributed by atoms with van der Waals surface area (Å²) in [6.45, 7) is 6.04. The number of nitrogens with one attached hydrogen (secondary N) is 1. The van der Waals surface area contributed by atoms with E-state index in [-0.39, 0.29) is 11.3 Å². The van der Waals surface area contributed by atoms with Crippen molar-refractivity contribution in [1.82, 2.24) is 5.43 Å². The zero-order valence-electron chi connectivity index (χ0n) is 14.2. The number of nitro benzene ring substituents is 1. The van der Waals surface area contributed by atoms with E-state index in [1.165, 1.54) is 24.4 Å². The van der Waals surface area contributed by atoms with Crippen LogP contribution in [-0.2, 0) is 0 Å². The molecule has 0 heterocycles. The Morgan fingerprint density at radius 2 is 1.80 bits per heavy atom. The van der Waals surface area contributed by atoms with Gasteiger partial charge in [-0.15, -0.1) is 0 Å². The molecule has 2 aromatic rings. The Kier molecular flexibility index (Phi) is 6.22. The number of nitro groups is 1. The van der Waals surface area contributed by atoms with Gasteiger partial charge in [-0.2, -0.15) is 5.10 Å². The highest BCUT2D eigenvalue weighted by atomic mass is 16.6. The molecule has 1 N–H and O–H groups in total. The van der Waals surface area contributed by atoms with Crippen LogP contribution in [0.4, 0.5) is 11.4 Å². The largest absolute Gasteiger partial charge is 0.372 e. The molecular formula is C18H20N4O3. The van der Waals surface area contributed by atoms with E-state index in [1.807, 2.05) is 24.3 Å². The zero-order chi connectivity index (χ0) is 18.2. The molecule has 7 heteroatoms. The van der Waals surface area contributed by atoms with Gasteiger partial charge >= 0.3 is 0 Å². The molecule has 1 amide bonds. The van der Waals surface area contributed by atoms with E-state index in [9.17, 15) is 14.9 Å². The molecule has 0 radical (unpaired) electrons. The third kappa shape index (κ3) is 4.63. The van der Waals surface area contributed by atoms with E-state index >= 15 is 0 Å². The first-order valence-corrected chi connectivity index (χ1v) is 7.98. The van der Waals surface area contributed by atoms with Crippen molar-refractivity contribution in [2.75, 3.05) is 18.0 Å². The SMILES string of the molecule is CCN(CC)c1ccc(C=NNC(=O)c2ccccc2[N+](=O)[O-])cc1. The minimum Gasteiger partial charge on any atom is -0.372 e. The van der Waals surface area contributed by atoms with E-state index in [0.29, 0.717) is 0 Å². The van der Waals surface area contributed by atoms with Gasteiger partial charge in [0.2, 0.25) is 0 Å². The summed E-state index contributed by atoms with van der Waals surface area (Å²) in [5.41, 5.74) is 3.98. The molecule has 130 valence electrons. The molecule has 0 aromatic heterocycles. The average molecular weight is 340 g/mol. The number of para-hydroxylation sites is 1. The first-order valence-electron chi connectivity index (χ1n) is 7.98. The van der Waals surface area contributed by atoms with Gasteiger partial charge in [0, 0.05) is 24.8 Å². The molecule has 0 spiro atoms. The minimum atomic E-state index is -0.622. The van der Waals surface area contributed by atoms with Crippen LogP contribution >= 0.6 is 0 Å². The maximum atomic E-state index is 12.0. The molecule has 25 heavy (non-hydrogen) atoms. The molecule has 0 aliphatic rings. The third-order valence-electron chi connectivity index (χ3n) is 3.75. The van der Waals surface area contributed by atoms with Gasteiger partial charge in [-0.1, -0.05) is 24.3 Å². The lowest BCUT2D eigenvalue weighted by Gasteiger charge is -2.20. The highest BCUT2D eigenvalue weighted by Crippen LogP contribution is 2.17. The van der Waals surface area contributed by atoms with Crippen molar-refractivity contribution in [1.29, 1.82) is 0 Å². The predicted octanol–water partition coefficient (Wildman–Crippen LogP) is 3.20. The van der Waals surface area contributed by atoms with Gasteiger partial charge in [-0.3, -0.25) is 14.9 Å². The summed E-state index contributed by atoms with van der Waals surface area (Å²) in [6, 6.07) is 13.5. The van der Waals surface area contributed by atoms with E-state index in [2.05, 4.69) is 29.3 Å². The Hall–Kier alpha value is -3.22. The zero-order valence-corrected chi connectivity index (χ0v) is 14.2. The molecule has 0 saturated carbocycles. The molecule has 0 unspecified atom stereocenters. The molecule has 0 aliphatic carbocycles. The second-order valence-electron chi connectivity index (χ2n) is 5.24. The smallest absolute Gasteiger partial charge is 0.282 e. The highest BCUT2D eigenvalue weighted by Gasteiger charge is 2.18. The highest BCUT2D eigenvalue weighted by molar-refractivity contribution is 5.98. The molecule has 0 aliphatic heterocycles. The van der Waals surface area contributed by atoms with Gasteiger partial charge in [0.15, 0.2) is 0 Å². The lowest BCUT2D eigenvalue weighted by atomic mass is 10.2. The number of carbonyl (C=O) groups is 1. The maximum Gasteiger partial charge on any atom is 0.282 e. The molecule has 2 rings (SSSR count). The number of rotatable bonds is 7. The summed E-state index contributed by atoms with van der Waals surface area (Å²) in [4.78, 5) is 24.6. The predicted molar refractivity (Wildman–Crippen MR) is 98.2 cm³/mol. The lowest BCUT2D eigenvalue weighted by Crippen LogP contribution is -2.21. The van der Waals surface area contributed by atoms with Crippen molar-refractivity contribution in [3.63, 3.8) is 0 Å². The fourth-order valence-corrected chi connectivity index (χ4v) is 2.41. The van der Waals surface area contributed by atoms with E-state index < -0.39 is 10.8 Å². The Labute approximate surface area is 146 Å². The first kappa shape index (κ1) is 18.1. The van der Waals surface area contributed by atoms with Gasteiger partial charge in [-0.05, 0) is 37.6 Å². The number of carbonyl (C=O) groups excluding carboxylic acids is 1. The number of hydrazone groups is 1. The standard InChI is InChI=1S/C18H20N4O3/c1-3-21(4-2)15-11-9-14(10-12-15)13-19-20-18(23)16-7-5-6-8-17(16)22(24)25/h5-13H,3-4H2,1-2H3,(H,20,23). The molecule has 0 bridgehead atoms. The summed E-state index contributed by atoms with van der Waals surface area (Å²) >= 11 is 0. The van der Waals surface area contributed by atoms with Crippen molar-refractivity contribution in [2.24, 2.45) is 5.10 Å². The molecular weight excluding hydrogens is 320 g/mol. The topological polar surface area (TPSA) is 87.8 Å². The minimum absolute atomic E-state index is 0.0264. The fraction of sp³-hybridized carbons (Fsp3) is 0.222. The second kappa shape index (κ2) is 8.58. The molecule has 7 nitrogen and oxygen atoms in total. The summed E-state index contributed by atoms with van der Waals surface area (Å²) in [6.07, 6.45) is 1.50. The summed E-state index contributed by atoms with van der Waals surface area (Å²) in [5.74, 6) is -0.622. The molecule has 0 atom stereocenters. The van der Waals surface area contributed by atoms with Crippen molar-refractivity contribution < 1.29 is 9.72 Å². The Bertz CT molecular complexity index is 768. The normalized spacial score (nSPS) is 10.6. The number of anilines is 1. The molecule has 0 fully saturated rings. The average Bonchev–Trinajstić information content (AvgIpc) is 2.64. The van der Waals surface area contributed by atoms with Crippen LogP contribution in [0.2, 0.25) is 0 Å². The van der Waals surface area contributed by atoms with Gasteiger partial charge in [-0.25, -0.2) is 5.43 Å². The number of hydrogen-bond acceptors (Lipinski definition) is 5. The first-order chi connectivity index (χ1) is 12.1. The van der Waals surface area contributed by atoms with Crippen LogP contribution in [0.15, 0.2) is 53.6 Å². The number of hydrogen-bond donors (Lipinski definition) is 1. The van der Waals surface area contributed by atoms with Crippen LogP contribution in [0, 0.1) is 10.1 Å². The van der Waals surface area contributed by atoms with Crippen LogP contribution in [0.25, 0.3) is 0 Å². The van der Waals surface area contributed by atoms with Crippen LogP contribution in [0.3, 0.4) is 0 Å². The van der Waals surface area contributed by atoms with Gasteiger partial charge < -0.3 is 4.90 Å². The van der Waals surface area contributed by atoms with Gasteiger partial charge in [0.05, 0.1) is 11.1 Å². The second-order valence-corrected chi connectivity index (χ2v) is 5.24. The van der Waals surface area contributed by atoms with Gasteiger partial charge in [0.1, 0.15) is 5.56 Å². The van der Waals surface area contributed by atoms with Crippen LogP contribution in [-0.4, -0.2) is 30.1 Å². The van der Waals surface area contributed by atoms with Gasteiger partial charge in [0.25, 0.3) is 11.6 Å². The van der Waals surface area contributed by atoms with Crippen LogP contribution in [0.1, 0.15) is 29.8 Å². The summed E-state index contributed by atoms with van der Waals surface area (Å²) in [7, 11) is 0. The Balaban J connectivity index is 2.04. The fourth-order valence-electron chi connectivity index (χ4n) is 2.41.